The predicted octanol–water partition coefficient (Wildman–Crippen LogP) is 0.491. The summed E-state index contributed by atoms with van der Waals surface area (Å²) in [5.41, 5.74) is 6.42. The monoisotopic (exact) mass is 238 g/mol. The maximum Gasteiger partial charge on any atom is 0.273 e. The van der Waals surface area contributed by atoms with Gasteiger partial charge in [-0.15, -0.1) is 0 Å². The number of aromatic nitrogens is 2. The molecule has 0 saturated carbocycles. The normalized spacial score (nSPS) is 17.0. The second-order valence-corrected chi connectivity index (χ2v) is 4.44. The summed E-state index contributed by atoms with van der Waals surface area (Å²) in [6, 6.07) is 0. The SMILES string of the molecule is CN(CC1CCOCC1)C(=O)c1[nH]ncc1N. The lowest BCUT2D eigenvalue weighted by molar-refractivity contribution is 0.0495. The van der Waals surface area contributed by atoms with Crippen molar-refractivity contribution in [2.24, 2.45) is 5.92 Å². The number of ether oxygens (including phenoxy) is 1. The number of nitrogens with one attached hydrogen (secondary N) is 1. The van der Waals surface area contributed by atoms with Crippen molar-refractivity contribution in [3.8, 4) is 0 Å². The van der Waals surface area contributed by atoms with Crippen molar-refractivity contribution in [3.63, 3.8) is 0 Å². The van der Waals surface area contributed by atoms with E-state index in [1.54, 1.807) is 11.9 Å². The molecule has 0 aromatic carbocycles. The van der Waals surface area contributed by atoms with Gasteiger partial charge < -0.3 is 15.4 Å². The van der Waals surface area contributed by atoms with E-state index in [9.17, 15) is 4.79 Å². The van der Waals surface area contributed by atoms with E-state index in [0.29, 0.717) is 17.3 Å². The number of hydrogen-bond donors (Lipinski definition) is 2. The van der Waals surface area contributed by atoms with Crippen LogP contribution in [0.5, 0.6) is 0 Å². The first-order chi connectivity index (χ1) is 8.18. The van der Waals surface area contributed by atoms with Crippen LogP contribution in [0.1, 0.15) is 23.3 Å². The number of nitrogens with zero attached hydrogens (tertiary/aromatic N) is 2. The number of hydrogen-bond acceptors (Lipinski definition) is 4. The summed E-state index contributed by atoms with van der Waals surface area (Å²) in [7, 11) is 1.79. The van der Waals surface area contributed by atoms with Gasteiger partial charge in [0, 0.05) is 26.8 Å². The Balaban J connectivity index is 1.93. The van der Waals surface area contributed by atoms with Crippen LogP contribution in [-0.4, -0.2) is 47.8 Å². The fraction of sp³-hybridized carbons (Fsp3) is 0.636. The second kappa shape index (κ2) is 5.18. The molecule has 1 saturated heterocycles. The fourth-order valence-electron chi connectivity index (χ4n) is 2.06. The molecule has 6 heteroatoms. The second-order valence-electron chi connectivity index (χ2n) is 4.44. The number of carbonyl (C=O) groups is 1. The Morgan fingerprint density at radius 2 is 2.35 bits per heavy atom. The summed E-state index contributed by atoms with van der Waals surface area (Å²) >= 11 is 0. The molecule has 2 heterocycles. The highest BCUT2D eigenvalue weighted by atomic mass is 16.5. The highest BCUT2D eigenvalue weighted by Gasteiger charge is 2.21. The van der Waals surface area contributed by atoms with Crippen molar-refractivity contribution in [2.75, 3.05) is 32.5 Å². The van der Waals surface area contributed by atoms with E-state index in [4.69, 9.17) is 10.5 Å². The number of rotatable bonds is 3. The smallest absolute Gasteiger partial charge is 0.273 e. The Labute approximate surface area is 100 Å². The molecule has 1 aliphatic heterocycles. The van der Waals surface area contributed by atoms with Gasteiger partial charge >= 0.3 is 0 Å². The molecule has 1 aromatic heterocycles. The molecule has 1 amide bonds. The van der Waals surface area contributed by atoms with Crippen LogP contribution < -0.4 is 5.73 Å². The van der Waals surface area contributed by atoms with Crippen LogP contribution in [0, 0.1) is 5.92 Å². The lowest BCUT2D eigenvalue weighted by Crippen LogP contribution is -2.34. The average Bonchev–Trinajstić information content (AvgIpc) is 2.76. The fourth-order valence-corrected chi connectivity index (χ4v) is 2.06. The molecule has 0 spiro atoms. The van der Waals surface area contributed by atoms with Gasteiger partial charge in [-0.05, 0) is 18.8 Å². The van der Waals surface area contributed by atoms with Crippen LogP contribution in [0.3, 0.4) is 0 Å². The molecule has 6 nitrogen and oxygen atoms in total. The molecule has 0 aliphatic carbocycles. The zero-order chi connectivity index (χ0) is 12.3. The molecule has 94 valence electrons. The largest absolute Gasteiger partial charge is 0.396 e. The number of nitrogen functional groups attached to an aromatic ring is 1. The van der Waals surface area contributed by atoms with E-state index in [0.717, 1.165) is 32.6 Å². The number of H-pyrrole nitrogens is 1. The number of carbonyl (C=O) groups excluding carboxylic acids is 1. The Bertz CT molecular complexity index is 385. The zero-order valence-corrected chi connectivity index (χ0v) is 9.98. The van der Waals surface area contributed by atoms with Gasteiger partial charge in [0.2, 0.25) is 0 Å². The Morgan fingerprint density at radius 3 is 2.94 bits per heavy atom. The molecule has 0 unspecified atom stereocenters. The third kappa shape index (κ3) is 2.76. The highest BCUT2D eigenvalue weighted by molar-refractivity contribution is 5.96. The molecule has 0 bridgehead atoms. The summed E-state index contributed by atoms with van der Waals surface area (Å²) in [6.45, 7) is 2.32. The van der Waals surface area contributed by atoms with E-state index < -0.39 is 0 Å². The van der Waals surface area contributed by atoms with Gasteiger partial charge in [0.25, 0.3) is 5.91 Å². The van der Waals surface area contributed by atoms with E-state index in [1.807, 2.05) is 0 Å². The van der Waals surface area contributed by atoms with Crippen LogP contribution in [-0.2, 0) is 4.74 Å². The zero-order valence-electron chi connectivity index (χ0n) is 9.98. The predicted molar refractivity (Wildman–Crippen MR) is 63.5 cm³/mol. The summed E-state index contributed by atoms with van der Waals surface area (Å²) in [5.74, 6) is 0.410. The number of anilines is 1. The number of nitrogens with two attached hydrogens (primary N) is 1. The van der Waals surface area contributed by atoms with Crippen LogP contribution in [0.2, 0.25) is 0 Å². The summed E-state index contributed by atoms with van der Waals surface area (Å²) in [6.07, 6.45) is 3.47. The average molecular weight is 238 g/mol. The number of amides is 1. The van der Waals surface area contributed by atoms with Gasteiger partial charge in [0.1, 0.15) is 5.69 Å². The molecule has 1 aliphatic rings. The molecule has 1 aromatic rings. The quantitative estimate of drug-likeness (QED) is 0.802. The van der Waals surface area contributed by atoms with Gasteiger partial charge in [-0.2, -0.15) is 5.10 Å². The molecule has 0 atom stereocenters. The molecule has 3 N–H and O–H groups in total. The first-order valence-electron chi connectivity index (χ1n) is 5.80. The minimum Gasteiger partial charge on any atom is -0.396 e. The lowest BCUT2D eigenvalue weighted by atomic mass is 10.00. The van der Waals surface area contributed by atoms with Gasteiger partial charge in [-0.1, -0.05) is 0 Å². The third-order valence-electron chi connectivity index (χ3n) is 3.10. The molecule has 17 heavy (non-hydrogen) atoms. The van der Waals surface area contributed by atoms with Crippen LogP contribution in [0.4, 0.5) is 5.69 Å². The van der Waals surface area contributed by atoms with E-state index >= 15 is 0 Å². The van der Waals surface area contributed by atoms with Gasteiger partial charge in [-0.3, -0.25) is 9.89 Å². The topological polar surface area (TPSA) is 84.2 Å². The van der Waals surface area contributed by atoms with Crippen molar-refractivity contribution in [3.05, 3.63) is 11.9 Å². The van der Waals surface area contributed by atoms with Crippen molar-refractivity contribution in [1.29, 1.82) is 0 Å². The van der Waals surface area contributed by atoms with Crippen molar-refractivity contribution in [1.82, 2.24) is 15.1 Å². The van der Waals surface area contributed by atoms with Crippen LogP contribution in [0.15, 0.2) is 6.20 Å². The minimum atomic E-state index is -0.105. The van der Waals surface area contributed by atoms with Crippen molar-refractivity contribution >= 4 is 11.6 Å². The van der Waals surface area contributed by atoms with Gasteiger partial charge in [-0.25, -0.2) is 0 Å². The molecule has 1 fully saturated rings. The Hall–Kier alpha value is -1.56. The summed E-state index contributed by atoms with van der Waals surface area (Å²) in [5, 5.41) is 6.39. The molecule has 0 radical (unpaired) electrons. The summed E-state index contributed by atoms with van der Waals surface area (Å²) < 4.78 is 5.29. The summed E-state index contributed by atoms with van der Waals surface area (Å²) in [4.78, 5) is 13.7. The van der Waals surface area contributed by atoms with Crippen LogP contribution in [0.25, 0.3) is 0 Å². The van der Waals surface area contributed by atoms with E-state index in [1.165, 1.54) is 6.20 Å². The van der Waals surface area contributed by atoms with Crippen molar-refractivity contribution < 1.29 is 9.53 Å². The number of aromatic amines is 1. The highest BCUT2D eigenvalue weighted by Crippen LogP contribution is 2.17. The molecular formula is C11H18N4O2. The van der Waals surface area contributed by atoms with E-state index in [2.05, 4.69) is 10.2 Å². The van der Waals surface area contributed by atoms with Crippen molar-refractivity contribution in [2.45, 2.75) is 12.8 Å². The lowest BCUT2D eigenvalue weighted by Gasteiger charge is -2.26. The standard InChI is InChI=1S/C11H18N4O2/c1-15(7-8-2-4-17-5-3-8)11(16)10-9(12)6-13-14-10/h6,8H,2-5,7,12H2,1H3,(H,13,14). The Kier molecular flexibility index (Phi) is 3.63. The van der Waals surface area contributed by atoms with Crippen LogP contribution >= 0.6 is 0 Å². The van der Waals surface area contributed by atoms with Gasteiger partial charge in [0.15, 0.2) is 0 Å². The third-order valence-corrected chi connectivity index (χ3v) is 3.10. The van der Waals surface area contributed by atoms with Gasteiger partial charge in [0.05, 0.1) is 11.9 Å². The minimum absolute atomic E-state index is 0.105. The first-order valence-corrected chi connectivity index (χ1v) is 5.80. The van der Waals surface area contributed by atoms with E-state index in [-0.39, 0.29) is 5.91 Å². The molecule has 2 rings (SSSR count). The Morgan fingerprint density at radius 1 is 1.65 bits per heavy atom. The maximum absolute atomic E-state index is 12.0. The molecular weight excluding hydrogens is 220 g/mol. The first kappa shape index (κ1) is 11.9. The maximum atomic E-state index is 12.0.